The largest absolute Gasteiger partial charge is 0.385 e. The lowest BCUT2D eigenvalue weighted by Crippen LogP contribution is -2.19. The van der Waals surface area contributed by atoms with Crippen molar-refractivity contribution in [2.24, 2.45) is 0 Å². The van der Waals surface area contributed by atoms with Crippen LogP contribution in [0.25, 0.3) is 0 Å². The Morgan fingerprint density at radius 1 is 1.30 bits per heavy atom. The van der Waals surface area contributed by atoms with Gasteiger partial charge in [-0.2, -0.15) is 0 Å². The molecule has 0 saturated carbocycles. The minimum absolute atomic E-state index is 0.199. The molecule has 0 aliphatic carbocycles. The van der Waals surface area contributed by atoms with E-state index in [-0.39, 0.29) is 11.7 Å². The molecule has 104 valence electrons. The van der Waals surface area contributed by atoms with Crippen molar-refractivity contribution >= 4 is 11.6 Å². The number of carbonyl (C=O) groups excluding carboxylic acids is 1. The van der Waals surface area contributed by atoms with Crippen molar-refractivity contribution in [1.82, 2.24) is 10.3 Å². The first kappa shape index (κ1) is 14.0. The van der Waals surface area contributed by atoms with Crippen molar-refractivity contribution in [3.8, 4) is 0 Å². The standard InChI is InChI=1S/C15H16FN3O/c1-17-15(20)14-10-12(7-9-19-14)18-8-6-11-4-2-3-5-13(11)16/h2-5,7,9-10H,6,8H2,1H3,(H,17,20)(H,18,19). The van der Waals surface area contributed by atoms with E-state index < -0.39 is 0 Å². The van der Waals surface area contributed by atoms with Gasteiger partial charge in [0.1, 0.15) is 11.5 Å². The predicted molar refractivity (Wildman–Crippen MR) is 76.2 cm³/mol. The van der Waals surface area contributed by atoms with E-state index >= 15 is 0 Å². The van der Waals surface area contributed by atoms with Crippen molar-refractivity contribution < 1.29 is 9.18 Å². The summed E-state index contributed by atoms with van der Waals surface area (Å²) in [6.45, 7) is 0.581. The number of hydrogen-bond acceptors (Lipinski definition) is 3. The topological polar surface area (TPSA) is 54.0 Å². The Balaban J connectivity index is 1.94. The second-order valence-electron chi connectivity index (χ2n) is 4.28. The number of nitrogens with zero attached hydrogens (tertiary/aromatic N) is 1. The summed E-state index contributed by atoms with van der Waals surface area (Å²) in [5, 5.41) is 5.67. The average Bonchev–Trinajstić information content (AvgIpc) is 2.49. The van der Waals surface area contributed by atoms with Gasteiger partial charge in [0.05, 0.1) is 0 Å². The van der Waals surface area contributed by atoms with E-state index in [1.807, 2.05) is 6.07 Å². The third-order valence-corrected chi connectivity index (χ3v) is 2.90. The van der Waals surface area contributed by atoms with Gasteiger partial charge in [-0.25, -0.2) is 4.39 Å². The zero-order valence-electron chi connectivity index (χ0n) is 11.2. The number of rotatable bonds is 5. The van der Waals surface area contributed by atoms with Crippen LogP contribution < -0.4 is 10.6 Å². The molecule has 0 aliphatic rings. The third kappa shape index (κ3) is 3.54. The monoisotopic (exact) mass is 273 g/mol. The molecule has 0 aliphatic heterocycles. The van der Waals surface area contributed by atoms with Crippen LogP contribution >= 0.6 is 0 Å². The molecule has 2 N–H and O–H groups in total. The van der Waals surface area contributed by atoms with Gasteiger partial charge in [-0.05, 0) is 30.2 Å². The Hall–Kier alpha value is -2.43. The SMILES string of the molecule is CNC(=O)c1cc(NCCc2ccccc2F)ccn1. The summed E-state index contributed by atoms with van der Waals surface area (Å²) in [5.41, 5.74) is 1.80. The quantitative estimate of drug-likeness (QED) is 0.878. The fraction of sp³-hybridized carbons (Fsp3) is 0.200. The molecule has 1 aromatic carbocycles. The van der Waals surface area contributed by atoms with E-state index in [1.54, 1.807) is 37.5 Å². The molecule has 2 aromatic rings. The van der Waals surface area contributed by atoms with Gasteiger partial charge in [0.15, 0.2) is 0 Å². The van der Waals surface area contributed by atoms with Crippen LogP contribution in [-0.2, 0) is 6.42 Å². The molecule has 2 rings (SSSR count). The van der Waals surface area contributed by atoms with Crippen molar-refractivity contribution in [2.75, 3.05) is 18.9 Å². The maximum atomic E-state index is 13.4. The molecule has 1 heterocycles. The molecule has 0 unspecified atom stereocenters. The molecule has 4 nitrogen and oxygen atoms in total. The van der Waals surface area contributed by atoms with Gasteiger partial charge in [0.25, 0.3) is 5.91 Å². The number of benzene rings is 1. The van der Waals surface area contributed by atoms with Gasteiger partial charge in [0, 0.05) is 25.5 Å². The van der Waals surface area contributed by atoms with Gasteiger partial charge >= 0.3 is 0 Å². The van der Waals surface area contributed by atoms with E-state index in [1.165, 1.54) is 6.07 Å². The maximum absolute atomic E-state index is 13.4. The van der Waals surface area contributed by atoms with Crippen LogP contribution in [-0.4, -0.2) is 24.5 Å². The first-order chi connectivity index (χ1) is 9.70. The predicted octanol–water partition coefficient (Wildman–Crippen LogP) is 2.23. The fourth-order valence-electron chi connectivity index (χ4n) is 1.84. The lowest BCUT2D eigenvalue weighted by Gasteiger charge is -2.08. The summed E-state index contributed by atoms with van der Waals surface area (Å²) in [4.78, 5) is 15.4. The molecule has 0 fully saturated rings. The lowest BCUT2D eigenvalue weighted by molar-refractivity contribution is 0.0958. The molecule has 0 atom stereocenters. The number of halogens is 1. The summed E-state index contributed by atoms with van der Waals surface area (Å²) < 4.78 is 13.4. The van der Waals surface area contributed by atoms with Gasteiger partial charge < -0.3 is 10.6 Å². The van der Waals surface area contributed by atoms with Crippen molar-refractivity contribution in [2.45, 2.75) is 6.42 Å². The van der Waals surface area contributed by atoms with Gasteiger partial charge in [0.2, 0.25) is 0 Å². The number of amides is 1. The highest BCUT2D eigenvalue weighted by atomic mass is 19.1. The molecular weight excluding hydrogens is 257 g/mol. The summed E-state index contributed by atoms with van der Waals surface area (Å²) in [6, 6.07) is 10.1. The Labute approximate surface area is 117 Å². The van der Waals surface area contributed by atoms with Crippen LogP contribution in [0.3, 0.4) is 0 Å². The normalized spacial score (nSPS) is 10.1. The number of carbonyl (C=O) groups is 1. The van der Waals surface area contributed by atoms with Crippen LogP contribution in [0.4, 0.5) is 10.1 Å². The Morgan fingerprint density at radius 2 is 2.10 bits per heavy atom. The number of hydrogen-bond donors (Lipinski definition) is 2. The van der Waals surface area contributed by atoms with Crippen molar-refractivity contribution in [3.05, 3.63) is 59.7 Å². The highest BCUT2D eigenvalue weighted by molar-refractivity contribution is 5.92. The molecule has 1 amide bonds. The van der Waals surface area contributed by atoms with E-state index in [0.29, 0.717) is 24.2 Å². The first-order valence-electron chi connectivity index (χ1n) is 6.36. The molecule has 0 bridgehead atoms. The molecule has 1 aromatic heterocycles. The molecule has 20 heavy (non-hydrogen) atoms. The number of pyridine rings is 1. The second kappa shape index (κ2) is 6.65. The summed E-state index contributed by atoms with van der Waals surface area (Å²) >= 11 is 0. The Kier molecular flexibility index (Phi) is 4.65. The van der Waals surface area contributed by atoms with Crippen LogP contribution in [0.2, 0.25) is 0 Å². The van der Waals surface area contributed by atoms with Crippen LogP contribution in [0.15, 0.2) is 42.6 Å². The minimum atomic E-state index is -0.234. The summed E-state index contributed by atoms with van der Waals surface area (Å²) in [5.74, 6) is -0.433. The van der Waals surface area contributed by atoms with Crippen molar-refractivity contribution in [3.63, 3.8) is 0 Å². The summed E-state index contributed by atoms with van der Waals surface area (Å²) in [6.07, 6.45) is 2.14. The van der Waals surface area contributed by atoms with Gasteiger partial charge in [-0.1, -0.05) is 18.2 Å². The number of aromatic nitrogens is 1. The highest BCUT2D eigenvalue weighted by Gasteiger charge is 2.05. The van der Waals surface area contributed by atoms with E-state index in [0.717, 1.165) is 5.69 Å². The molecule has 0 saturated heterocycles. The van der Waals surface area contributed by atoms with E-state index in [9.17, 15) is 9.18 Å². The van der Waals surface area contributed by atoms with E-state index in [2.05, 4.69) is 15.6 Å². The zero-order valence-corrected chi connectivity index (χ0v) is 11.2. The number of anilines is 1. The molecule has 5 heteroatoms. The molecular formula is C15H16FN3O. The van der Waals surface area contributed by atoms with Crippen LogP contribution in [0.1, 0.15) is 16.1 Å². The Bertz CT molecular complexity index is 601. The maximum Gasteiger partial charge on any atom is 0.269 e. The first-order valence-corrected chi connectivity index (χ1v) is 6.36. The third-order valence-electron chi connectivity index (χ3n) is 2.90. The van der Waals surface area contributed by atoms with Crippen LogP contribution in [0.5, 0.6) is 0 Å². The average molecular weight is 273 g/mol. The van der Waals surface area contributed by atoms with Crippen molar-refractivity contribution in [1.29, 1.82) is 0 Å². The van der Waals surface area contributed by atoms with E-state index in [4.69, 9.17) is 0 Å². The minimum Gasteiger partial charge on any atom is -0.385 e. The Morgan fingerprint density at radius 3 is 2.85 bits per heavy atom. The van der Waals surface area contributed by atoms with Gasteiger partial charge in [-0.15, -0.1) is 0 Å². The lowest BCUT2D eigenvalue weighted by atomic mass is 10.1. The zero-order chi connectivity index (χ0) is 14.4. The van der Waals surface area contributed by atoms with Gasteiger partial charge in [-0.3, -0.25) is 9.78 Å². The number of nitrogens with one attached hydrogen (secondary N) is 2. The molecule has 0 spiro atoms. The van der Waals surface area contributed by atoms with Crippen LogP contribution in [0, 0.1) is 5.82 Å². The highest BCUT2D eigenvalue weighted by Crippen LogP contribution is 2.10. The smallest absolute Gasteiger partial charge is 0.269 e. The fourth-order valence-corrected chi connectivity index (χ4v) is 1.84. The second-order valence-corrected chi connectivity index (χ2v) is 4.28. The molecule has 0 radical (unpaired) electrons. The summed E-state index contributed by atoms with van der Waals surface area (Å²) in [7, 11) is 1.56.